The van der Waals surface area contributed by atoms with E-state index in [0.717, 1.165) is 152 Å². The molecule has 5 aromatic rings. The molecule has 0 bridgehead atoms. The van der Waals surface area contributed by atoms with E-state index in [1.165, 1.54) is 15.8 Å². The molecule has 1 heterocycles. The van der Waals surface area contributed by atoms with Gasteiger partial charge in [0.1, 0.15) is 5.75 Å². The van der Waals surface area contributed by atoms with Crippen molar-refractivity contribution in [3.8, 4) is 39.2 Å². The Morgan fingerprint density at radius 3 is 1.49 bits per heavy atom. The minimum Gasteiger partial charge on any atom is -0.494 e. The molecular formula is C47H64O5S. The van der Waals surface area contributed by atoms with Gasteiger partial charge in [-0.3, -0.25) is 0 Å². The first-order valence-electron chi connectivity index (χ1n) is 20.9. The van der Waals surface area contributed by atoms with Crippen LogP contribution in [0.4, 0.5) is 0 Å². The van der Waals surface area contributed by atoms with Crippen molar-refractivity contribution < 1.29 is 23.7 Å². The molecule has 0 amide bonds. The molecule has 5 nitrogen and oxygen atoms in total. The van der Waals surface area contributed by atoms with Crippen LogP contribution in [0.5, 0.6) is 28.7 Å². The van der Waals surface area contributed by atoms with E-state index in [-0.39, 0.29) is 0 Å². The van der Waals surface area contributed by atoms with E-state index in [2.05, 4.69) is 88.5 Å². The van der Waals surface area contributed by atoms with Crippen molar-refractivity contribution in [3.63, 3.8) is 0 Å². The highest BCUT2D eigenvalue weighted by Crippen LogP contribution is 2.50. The standard InChI is InChI=1S/C47H64O5S/c1-6-11-16-25-48-35-31-38-37-33-42(50-27-18-13-8-3)43(51-28-19-14-9-4)34-39(37)46-36(45(38)40(32-35)44-22-21-30-53-44)23-24-41(49-26-17-12-7-2)47(46)52-29-20-15-10-5/h21-24,30-34H,6-20,25-29H2,1-5H3. The summed E-state index contributed by atoms with van der Waals surface area (Å²) >= 11 is 1.77. The topological polar surface area (TPSA) is 46.2 Å². The SMILES string of the molecule is CCCCCOc1cc(-c2cccs2)c2c(c1)c1cc(OCCCCC)c(OCCCCC)cc1c1c(OCCCCC)c(OCCCCC)ccc21. The minimum atomic E-state index is 0.638. The van der Waals surface area contributed by atoms with Crippen molar-refractivity contribution in [2.24, 2.45) is 0 Å². The van der Waals surface area contributed by atoms with Gasteiger partial charge in [-0.1, -0.05) is 105 Å². The van der Waals surface area contributed by atoms with E-state index in [1.54, 1.807) is 11.3 Å². The third-order valence-electron chi connectivity index (χ3n) is 9.96. The fourth-order valence-corrected chi connectivity index (χ4v) is 7.76. The Kier molecular flexibility index (Phi) is 16.8. The second kappa shape index (κ2) is 21.9. The molecule has 0 N–H and O–H groups in total. The summed E-state index contributed by atoms with van der Waals surface area (Å²) in [6, 6.07) is 17.7. The molecule has 0 aliphatic rings. The summed E-state index contributed by atoms with van der Waals surface area (Å²) in [6.45, 7) is 14.5. The average molecular weight is 741 g/mol. The number of ether oxygens (including phenoxy) is 5. The molecule has 0 aliphatic heterocycles. The summed E-state index contributed by atoms with van der Waals surface area (Å²) < 4.78 is 33.2. The first-order valence-corrected chi connectivity index (χ1v) is 21.7. The number of unbranched alkanes of at least 4 members (excludes halogenated alkanes) is 10. The van der Waals surface area contributed by atoms with Gasteiger partial charge in [-0.05, 0) is 107 Å². The molecule has 0 unspecified atom stereocenters. The molecule has 0 atom stereocenters. The van der Waals surface area contributed by atoms with Crippen molar-refractivity contribution in [2.45, 2.75) is 131 Å². The van der Waals surface area contributed by atoms with Gasteiger partial charge in [-0.15, -0.1) is 11.3 Å². The van der Waals surface area contributed by atoms with Gasteiger partial charge in [-0.25, -0.2) is 0 Å². The van der Waals surface area contributed by atoms with Crippen molar-refractivity contribution in [3.05, 3.63) is 53.9 Å². The second-order valence-corrected chi connectivity index (χ2v) is 15.3. The number of hydrogen-bond donors (Lipinski definition) is 0. The first kappa shape index (κ1) is 40.5. The van der Waals surface area contributed by atoms with Gasteiger partial charge >= 0.3 is 0 Å². The smallest absolute Gasteiger partial charge is 0.169 e. The molecular weight excluding hydrogens is 677 g/mol. The van der Waals surface area contributed by atoms with E-state index < -0.39 is 0 Å². The van der Waals surface area contributed by atoms with Crippen LogP contribution in [-0.4, -0.2) is 33.0 Å². The third-order valence-corrected chi connectivity index (χ3v) is 10.9. The molecule has 1 aromatic heterocycles. The van der Waals surface area contributed by atoms with Crippen LogP contribution in [-0.2, 0) is 0 Å². The summed E-state index contributed by atoms with van der Waals surface area (Å²) in [4.78, 5) is 1.21. The number of hydrogen-bond acceptors (Lipinski definition) is 6. The molecule has 0 radical (unpaired) electrons. The van der Waals surface area contributed by atoms with Crippen molar-refractivity contribution in [1.82, 2.24) is 0 Å². The van der Waals surface area contributed by atoms with Crippen LogP contribution in [0.25, 0.3) is 42.8 Å². The Bertz CT molecular complexity index is 1820. The van der Waals surface area contributed by atoms with E-state index in [4.69, 9.17) is 23.7 Å². The van der Waals surface area contributed by atoms with Gasteiger partial charge in [0.25, 0.3) is 0 Å². The normalized spacial score (nSPS) is 11.5. The summed E-state index contributed by atoms with van der Waals surface area (Å²) in [7, 11) is 0. The predicted octanol–water partition coefficient (Wildman–Crippen LogP) is 14.7. The number of fused-ring (bicyclic) bond motifs is 6. The number of thiophene rings is 1. The van der Waals surface area contributed by atoms with Crippen LogP contribution in [0.3, 0.4) is 0 Å². The molecule has 0 fully saturated rings. The van der Waals surface area contributed by atoms with Gasteiger partial charge in [0.05, 0.1) is 33.0 Å². The van der Waals surface area contributed by atoms with Crippen LogP contribution < -0.4 is 23.7 Å². The molecule has 53 heavy (non-hydrogen) atoms. The van der Waals surface area contributed by atoms with E-state index in [1.807, 2.05) is 0 Å². The molecule has 0 saturated carbocycles. The highest BCUT2D eigenvalue weighted by Gasteiger charge is 2.23. The van der Waals surface area contributed by atoms with Crippen LogP contribution >= 0.6 is 11.3 Å². The van der Waals surface area contributed by atoms with Gasteiger partial charge in [0, 0.05) is 15.8 Å². The lowest BCUT2D eigenvalue weighted by atomic mass is 9.90. The first-order chi connectivity index (χ1) is 26.1. The number of rotatable bonds is 26. The van der Waals surface area contributed by atoms with Crippen LogP contribution in [0.2, 0.25) is 0 Å². The third kappa shape index (κ3) is 10.7. The summed E-state index contributed by atoms with van der Waals surface area (Å²) in [5, 5.41) is 8.92. The summed E-state index contributed by atoms with van der Waals surface area (Å²) in [5.41, 5.74) is 1.17. The van der Waals surface area contributed by atoms with Gasteiger partial charge in [0.2, 0.25) is 0 Å². The fraction of sp³-hybridized carbons (Fsp3) is 0.532. The van der Waals surface area contributed by atoms with Crippen LogP contribution in [0.15, 0.2) is 53.9 Å². The van der Waals surface area contributed by atoms with Crippen molar-refractivity contribution >= 4 is 43.7 Å². The van der Waals surface area contributed by atoms with E-state index in [9.17, 15) is 0 Å². The lowest BCUT2D eigenvalue weighted by Gasteiger charge is -2.22. The lowest BCUT2D eigenvalue weighted by Crippen LogP contribution is -2.05. The maximum absolute atomic E-state index is 6.85. The molecule has 288 valence electrons. The van der Waals surface area contributed by atoms with Crippen molar-refractivity contribution in [2.75, 3.05) is 33.0 Å². The summed E-state index contributed by atoms with van der Waals surface area (Å²) in [6.07, 6.45) is 16.5. The minimum absolute atomic E-state index is 0.638. The van der Waals surface area contributed by atoms with Crippen molar-refractivity contribution in [1.29, 1.82) is 0 Å². The Balaban J connectivity index is 1.83. The maximum atomic E-state index is 6.85. The molecule has 0 aliphatic carbocycles. The Hall–Kier alpha value is -3.64. The summed E-state index contributed by atoms with van der Waals surface area (Å²) in [5.74, 6) is 4.13. The lowest BCUT2D eigenvalue weighted by molar-refractivity contribution is 0.260. The van der Waals surface area contributed by atoms with Gasteiger partial charge in [0.15, 0.2) is 23.0 Å². The second-order valence-electron chi connectivity index (χ2n) is 14.3. The van der Waals surface area contributed by atoms with E-state index in [0.29, 0.717) is 33.0 Å². The fourth-order valence-electron chi connectivity index (χ4n) is 7.01. The monoisotopic (exact) mass is 740 g/mol. The molecule has 0 spiro atoms. The molecule has 5 rings (SSSR count). The average Bonchev–Trinajstić information content (AvgIpc) is 3.72. The van der Waals surface area contributed by atoms with E-state index >= 15 is 0 Å². The Morgan fingerprint density at radius 1 is 0.434 bits per heavy atom. The van der Waals surface area contributed by atoms with Crippen LogP contribution in [0.1, 0.15) is 131 Å². The number of benzene rings is 4. The molecule has 6 heteroatoms. The Morgan fingerprint density at radius 2 is 0.943 bits per heavy atom. The zero-order chi connectivity index (χ0) is 37.3. The highest BCUT2D eigenvalue weighted by atomic mass is 32.1. The molecule has 4 aromatic carbocycles. The quantitative estimate of drug-likeness (QED) is 0.0417. The Labute approximate surface area is 323 Å². The zero-order valence-corrected chi connectivity index (χ0v) is 34.1. The zero-order valence-electron chi connectivity index (χ0n) is 33.3. The maximum Gasteiger partial charge on any atom is 0.169 e. The predicted molar refractivity (Wildman–Crippen MR) is 227 cm³/mol. The highest BCUT2D eigenvalue weighted by molar-refractivity contribution is 7.13. The largest absolute Gasteiger partial charge is 0.494 e. The molecule has 0 saturated heterocycles. The van der Waals surface area contributed by atoms with Gasteiger partial charge in [-0.2, -0.15) is 0 Å². The van der Waals surface area contributed by atoms with Crippen LogP contribution in [0, 0.1) is 0 Å². The van der Waals surface area contributed by atoms with Gasteiger partial charge < -0.3 is 23.7 Å².